The van der Waals surface area contributed by atoms with Gasteiger partial charge in [-0.2, -0.15) is 0 Å². The average molecular weight is 272 g/mol. The molecule has 0 aromatic heterocycles. The van der Waals surface area contributed by atoms with Gasteiger partial charge >= 0.3 is 0 Å². The molecule has 5 unspecified atom stereocenters. The zero-order valence-corrected chi connectivity index (χ0v) is 11.2. The van der Waals surface area contributed by atoms with Crippen molar-refractivity contribution in [2.24, 2.45) is 23.7 Å². The van der Waals surface area contributed by atoms with E-state index >= 15 is 0 Å². The summed E-state index contributed by atoms with van der Waals surface area (Å²) in [7, 11) is 0. The molecule has 0 radical (unpaired) electrons. The highest BCUT2D eigenvalue weighted by atomic mass is 16.7. The second kappa shape index (κ2) is 5.30. The van der Waals surface area contributed by atoms with Gasteiger partial charge in [0.2, 0.25) is 0 Å². The highest BCUT2D eigenvalue weighted by Gasteiger charge is 2.62. The minimum Gasteiger partial charge on any atom is -0.394 e. The van der Waals surface area contributed by atoms with E-state index in [2.05, 4.69) is 0 Å². The van der Waals surface area contributed by atoms with Crippen LogP contribution in [-0.4, -0.2) is 53.6 Å². The van der Waals surface area contributed by atoms with Crippen molar-refractivity contribution in [3.63, 3.8) is 0 Å². The van der Waals surface area contributed by atoms with Crippen molar-refractivity contribution in [1.82, 2.24) is 0 Å². The maximum atomic E-state index is 10.5. The third-order valence-corrected chi connectivity index (χ3v) is 5.25. The highest BCUT2D eigenvalue weighted by molar-refractivity contribution is 5.07. The maximum absolute atomic E-state index is 10.5. The molecule has 5 nitrogen and oxygen atoms in total. The molecule has 4 aliphatic carbocycles. The first kappa shape index (κ1) is 13.8. The van der Waals surface area contributed by atoms with Crippen molar-refractivity contribution in [2.75, 3.05) is 26.4 Å². The molecule has 4 rings (SSSR count). The predicted molar refractivity (Wildman–Crippen MR) is 67.2 cm³/mol. The van der Waals surface area contributed by atoms with Gasteiger partial charge in [0.15, 0.2) is 5.79 Å². The van der Waals surface area contributed by atoms with E-state index in [0.717, 1.165) is 25.7 Å². The topological polar surface area (TPSA) is 79.2 Å². The molecule has 0 amide bonds. The molecule has 0 saturated heterocycles. The van der Waals surface area contributed by atoms with Crippen molar-refractivity contribution in [2.45, 2.75) is 37.6 Å². The molecule has 0 heterocycles. The van der Waals surface area contributed by atoms with Crippen LogP contribution in [0.1, 0.15) is 25.7 Å². The monoisotopic (exact) mass is 272 g/mol. The Balaban J connectivity index is 1.84. The number of aliphatic hydroxyl groups is 3. The van der Waals surface area contributed by atoms with Crippen LogP contribution in [0.15, 0.2) is 0 Å². The molecule has 19 heavy (non-hydrogen) atoms. The molecule has 0 aliphatic heterocycles. The van der Waals surface area contributed by atoms with Gasteiger partial charge in [-0.25, -0.2) is 0 Å². The second-order valence-electron chi connectivity index (χ2n) is 6.23. The molecule has 0 spiro atoms. The van der Waals surface area contributed by atoms with Crippen LogP contribution >= 0.6 is 0 Å². The molecule has 5 heteroatoms. The Morgan fingerprint density at radius 3 is 2.26 bits per heavy atom. The Labute approximate surface area is 113 Å². The Morgan fingerprint density at radius 1 is 0.947 bits per heavy atom. The summed E-state index contributed by atoms with van der Waals surface area (Å²) in [6.07, 6.45) is 3.71. The molecular formula is C14H24O5. The van der Waals surface area contributed by atoms with Crippen LogP contribution in [0.3, 0.4) is 0 Å². The van der Waals surface area contributed by atoms with E-state index in [4.69, 9.17) is 19.7 Å². The average Bonchev–Trinajstić information content (AvgIpc) is 2.43. The van der Waals surface area contributed by atoms with Crippen molar-refractivity contribution in [3.8, 4) is 0 Å². The van der Waals surface area contributed by atoms with Crippen molar-refractivity contribution < 1.29 is 24.8 Å². The molecule has 4 fully saturated rings. The normalized spacial score (nSPS) is 42.8. The summed E-state index contributed by atoms with van der Waals surface area (Å²) in [6.45, 7) is 0.347. The van der Waals surface area contributed by atoms with Crippen LogP contribution in [0.5, 0.6) is 0 Å². The van der Waals surface area contributed by atoms with Crippen molar-refractivity contribution >= 4 is 0 Å². The van der Waals surface area contributed by atoms with Gasteiger partial charge in [-0.1, -0.05) is 0 Å². The van der Waals surface area contributed by atoms with Crippen LogP contribution in [0.25, 0.3) is 0 Å². The summed E-state index contributed by atoms with van der Waals surface area (Å²) in [4.78, 5) is 0. The number of rotatable bonds is 6. The van der Waals surface area contributed by atoms with Crippen LogP contribution in [-0.2, 0) is 9.47 Å². The lowest BCUT2D eigenvalue weighted by molar-refractivity contribution is -0.360. The van der Waals surface area contributed by atoms with Gasteiger partial charge in [0.1, 0.15) is 0 Å². The SMILES string of the molecule is OCCOC1(OCCO)C2CC3CC(C2)C(O)C1C3. The minimum absolute atomic E-state index is 0.0122. The standard InChI is InChI=1S/C14H24O5/c15-1-3-18-14(19-4-2-16)11-6-9-5-10(8-11)13(17)12(14)7-9/h9-13,15-17H,1-8H2. The minimum atomic E-state index is -0.793. The van der Waals surface area contributed by atoms with E-state index in [1.807, 2.05) is 0 Å². The lowest BCUT2D eigenvalue weighted by Gasteiger charge is -2.61. The van der Waals surface area contributed by atoms with E-state index in [1.54, 1.807) is 0 Å². The van der Waals surface area contributed by atoms with E-state index < -0.39 is 5.79 Å². The first-order valence-corrected chi connectivity index (χ1v) is 7.39. The summed E-state index contributed by atoms with van der Waals surface area (Å²) < 4.78 is 11.8. The van der Waals surface area contributed by atoms with Gasteiger partial charge in [0.05, 0.1) is 32.5 Å². The van der Waals surface area contributed by atoms with E-state index in [0.29, 0.717) is 11.8 Å². The Kier molecular flexibility index (Phi) is 3.84. The molecular weight excluding hydrogens is 248 g/mol. The number of hydrogen-bond acceptors (Lipinski definition) is 5. The molecule has 0 aromatic carbocycles. The fraction of sp³-hybridized carbons (Fsp3) is 1.00. The van der Waals surface area contributed by atoms with Crippen LogP contribution < -0.4 is 0 Å². The van der Waals surface area contributed by atoms with Gasteiger partial charge in [-0.05, 0) is 37.5 Å². The van der Waals surface area contributed by atoms with Crippen LogP contribution in [0.2, 0.25) is 0 Å². The van der Waals surface area contributed by atoms with Crippen LogP contribution in [0.4, 0.5) is 0 Å². The third-order valence-electron chi connectivity index (χ3n) is 5.25. The zero-order valence-electron chi connectivity index (χ0n) is 11.2. The van der Waals surface area contributed by atoms with Crippen LogP contribution in [0, 0.1) is 23.7 Å². The summed E-state index contributed by atoms with van der Waals surface area (Å²) in [5.74, 6) is 0.545. The lowest BCUT2D eigenvalue weighted by Crippen LogP contribution is -2.66. The molecule has 4 saturated carbocycles. The van der Waals surface area contributed by atoms with Gasteiger partial charge in [-0.15, -0.1) is 0 Å². The van der Waals surface area contributed by atoms with Crippen molar-refractivity contribution in [3.05, 3.63) is 0 Å². The van der Waals surface area contributed by atoms with Gasteiger partial charge in [0, 0.05) is 11.8 Å². The largest absolute Gasteiger partial charge is 0.394 e. The smallest absolute Gasteiger partial charge is 0.176 e. The Hall–Kier alpha value is -0.200. The summed E-state index contributed by atoms with van der Waals surface area (Å²) in [5.41, 5.74) is 0. The number of hydrogen-bond donors (Lipinski definition) is 3. The molecule has 4 bridgehead atoms. The van der Waals surface area contributed by atoms with E-state index in [-0.39, 0.29) is 44.4 Å². The summed E-state index contributed by atoms with van der Waals surface area (Å²) in [5, 5.41) is 28.5. The third kappa shape index (κ3) is 2.12. The fourth-order valence-corrected chi connectivity index (χ4v) is 4.72. The summed E-state index contributed by atoms with van der Waals surface area (Å²) >= 11 is 0. The van der Waals surface area contributed by atoms with Gasteiger partial charge < -0.3 is 24.8 Å². The Bertz CT molecular complexity index is 313. The number of ether oxygens (including phenoxy) is 2. The Morgan fingerprint density at radius 2 is 1.63 bits per heavy atom. The molecule has 4 aliphatic rings. The van der Waals surface area contributed by atoms with Gasteiger partial charge in [0.25, 0.3) is 0 Å². The quantitative estimate of drug-likeness (QED) is 0.599. The maximum Gasteiger partial charge on any atom is 0.176 e. The lowest BCUT2D eigenvalue weighted by atomic mass is 9.52. The van der Waals surface area contributed by atoms with E-state index in [9.17, 15) is 5.11 Å². The highest BCUT2D eigenvalue weighted by Crippen LogP contribution is 2.59. The fourth-order valence-electron chi connectivity index (χ4n) is 4.72. The molecule has 5 atom stereocenters. The van der Waals surface area contributed by atoms with E-state index in [1.165, 1.54) is 0 Å². The zero-order chi connectivity index (χ0) is 13.5. The van der Waals surface area contributed by atoms with Crippen molar-refractivity contribution in [1.29, 1.82) is 0 Å². The molecule has 3 N–H and O–H groups in total. The van der Waals surface area contributed by atoms with Gasteiger partial charge in [-0.3, -0.25) is 0 Å². The molecule has 0 aromatic rings. The first-order valence-electron chi connectivity index (χ1n) is 7.39. The number of aliphatic hydroxyl groups excluding tert-OH is 3. The first-order chi connectivity index (χ1) is 9.21. The predicted octanol–water partition coefficient (Wildman–Crippen LogP) is 0.127. The molecule has 110 valence electrons. The summed E-state index contributed by atoms with van der Waals surface area (Å²) in [6, 6.07) is 0. The second-order valence-corrected chi connectivity index (χ2v) is 6.23.